The molecule has 1 aromatic heterocycles. The maximum absolute atomic E-state index is 15.3. The normalized spacial score (nSPS) is 24.8. The summed E-state index contributed by atoms with van der Waals surface area (Å²) in [5.41, 5.74) is 2.79. The van der Waals surface area contributed by atoms with Gasteiger partial charge in [0.25, 0.3) is 0 Å². The van der Waals surface area contributed by atoms with Crippen molar-refractivity contribution in [3.8, 4) is 0 Å². The van der Waals surface area contributed by atoms with Gasteiger partial charge in [-0.15, -0.1) is 0 Å². The van der Waals surface area contributed by atoms with Crippen molar-refractivity contribution in [2.24, 2.45) is 5.92 Å². The third kappa shape index (κ3) is 8.11. The van der Waals surface area contributed by atoms with Crippen molar-refractivity contribution in [3.05, 3.63) is 22.7 Å². The topological polar surface area (TPSA) is 206 Å². The molecule has 3 rings (SSSR count). The van der Waals surface area contributed by atoms with E-state index in [-0.39, 0.29) is 5.82 Å². The third-order valence-corrected chi connectivity index (χ3v) is 6.98. The van der Waals surface area contributed by atoms with Gasteiger partial charge in [0.15, 0.2) is 12.4 Å². The van der Waals surface area contributed by atoms with E-state index in [2.05, 4.69) is 14.5 Å². The van der Waals surface area contributed by atoms with Gasteiger partial charge in [-0.05, 0) is 52.5 Å². The molecule has 40 heavy (non-hydrogen) atoms. The van der Waals surface area contributed by atoms with Gasteiger partial charge in [0.05, 0.1) is 18.8 Å². The maximum Gasteiger partial charge on any atom is 0.510 e. The zero-order chi connectivity index (χ0) is 29.7. The summed E-state index contributed by atoms with van der Waals surface area (Å²) in [6, 6.07) is 1.25. The Labute approximate surface area is 228 Å². The van der Waals surface area contributed by atoms with Crippen LogP contribution in [0.15, 0.2) is 17.1 Å². The molecule has 0 bridgehead atoms. The number of aliphatic hydroxyl groups is 1. The summed E-state index contributed by atoms with van der Waals surface area (Å²) < 4.78 is 69.6. The monoisotopic (exact) mass is 597 g/mol. The molecule has 0 unspecified atom stereocenters. The first kappa shape index (κ1) is 31.7. The van der Waals surface area contributed by atoms with Crippen molar-refractivity contribution in [3.63, 3.8) is 0 Å². The predicted molar refractivity (Wildman–Crippen MR) is 130 cm³/mol. The maximum atomic E-state index is 15.3. The molecule has 1 saturated heterocycles. The largest absolute Gasteiger partial charge is 0.510 e. The van der Waals surface area contributed by atoms with Gasteiger partial charge in [-0.25, -0.2) is 32.4 Å². The number of aromatic nitrogens is 2. The van der Waals surface area contributed by atoms with Gasteiger partial charge in [-0.1, -0.05) is 0 Å². The van der Waals surface area contributed by atoms with E-state index >= 15 is 4.39 Å². The van der Waals surface area contributed by atoms with Crippen molar-refractivity contribution in [1.82, 2.24) is 9.55 Å². The molecule has 2 heterocycles. The van der Waals surface area contributed by atoms with Crippen LogP contribution in [-0.2, 0) is 41.8 Å². The molecule has 1 aromatic rings. The van der Waals surface area contributed by atoms with Crippen LogP contribution in [0.25, 0.3) is 0 Å². The second kappa shape index (κ2) is 13.2. The number of carbonyl (C=O) groups is 2. The van der Waals surface area contributed by atoms with E-state index in [0.29, 0.717) is 12.8 Å². The number of alkyl halides is 1. The second-order valence-corrected chi connectivity index (χ2v) is 11.2. The molecule has 4 atom stereocenters. The zero-order valence-corrected chi connectivity index (χ0v) is 23.2. The van der Waals surface area contributed by atoms with Crippen molar-refractivity contribution in [2.75, 3.05) is 25.9 Å². The fourth-order valence-corrected chi connectivity index (χ4v) is 4.73. The van der Waals surface area contributed by atoms with Gasteiger partial charge in [0, 0.05) is 6.20 Å². The average Bonchev–Trinajstić information content (AvgIpc) is 3.66. The number of halogens is 1. The number of rotatable bonds is 13. The molecule has 0 radical (unpaired) electrons. The highest BCUT2D eigenvalue weighted by atomic mass is 31.2. The molecule has 2 aliphatic rings. The molecule has 1 saturated carbocycles. The summed E-state index contributed by atoms with van der Waals surface area (Å²) in [7, 11) is -4.74. The molecule has 2 fully saturated rings. The highest BCUT2D eigenvalue weighted by Gasteiger charge is 2.63. The average molecular weight is 597 g/mol. The van der Waals surface area contributed by atoms with Crippen LogP contribution in [0, 0.1) is 5.92 Å². The minimum Gasteiger partial charge on any atom is -0.432 e. The summed E-state index contributed by atoms with van der Waals surface area (Å²) in [4.78, 5) is 39.1. The second-order valence-electron chi connectivity index (χ2n) is 9.51. The predicted octanol–water partition coefficient (Wildman–Crippen LogP) is 2.40. The number of hydrogen-bond donors (Lipinski definition) is 2. The summed E-state index contributed by atoms with van der Waals surface area (Å²) in [5, 5.41) is 10.9. The van der Waals surface area contributed by atoms with Crippen LogP contribution in [-0.4, -0.2) is 77.2 Å². The van der Waals surface area contributed by atoms with Crippen molar-refractivity contribution in [2.45, 2.75) is 76.8 Å². The molecule has 3 N–H and O–H groups in total. The van der Waals surface area contributed by atoms with Crippen LogP contribution in [0.2, 0.25) is 0 Å². The third-order valence-electron chi connectivity index (χ3n) is 5.70. The highest BCUT2D eigenvalue weighted by Crippen LogP contribution is 2.56. The Morgan fingerprint density at radius 3 is 2.17 bits per heavy atom. The smallest absolute Gasteiger partial charge is 0.432 e. The van der Waals surface area contributed by atoms with Gasteiger partial charge in [0.1, 0.15) is 17.5 Å². The van der Waals surface area contributed by atoms with Crippen molar-refractivity contribution in [1.29, 1.82) is 0 Å². The fourth-order valence-electron chi connectivity index (χ4n) is 3.78. The Bertz CT molecular complexity index is 1120. The Morgan fingerprint density at radius 2 is 1.70 bits per heavy atom. The van der Waals surface area contributed by atoms with E-state index in [1.165, 1.54) is 6.07 Å². The first-order chi connectivity index (χ1) is 18.8. The molecule has 0 amide bonds. The molecular formula is C22H33FN3O13P. The summed E-state index contributed by atoms with van der Waals surface area (Å²) in [6.45, 7) is 3.57. The summed E-state index contributed by atoms with van der Waals surface area (Å²) >= 11 is 0. The Balaban J connectivity index is 1.75. The number of hydrogen-bond acceptors (Lipinski definition) is 15. The lowest BCUT2D eigenvalue weighted by Crippen LogP contribution is -2.48. The van der Waals surface area contributed by atoms with Crippen LogP contribution < -0.4 is 11.4 Å². The van der Waals surface area contributed by atoms with E-state index in [9.17, 15) is 24.1 Å². The van der Waals surface area contributed by atoms with Gasteiger partial charge in [0.2, 0.25) is 13.6 Å². The first-order valence-electron chi connectivity index (χ1n) is 12.3. The lowest BCUT2D eigenvalue weighted by molar-refractivity contribution is -0.143. The minimum absolute atomic E-state index is 0.0961. The Kier molecular flexibility index (Phi) is 10.5. The van der Waals surface area contributed by atoms with Crippen LogP contribution in [0.4, 0.5) is 19.8 Å². The van der Waals surface area contributed by atoms with Gasteiger partial charge < -0.3 is 34.5 Å². The Morgan fingerprint density at radius 1 is 1.15 bits per heavy atom. The van der Waals surface area contributed by atoms with E-state index in [1.54, 1.807) is 27.7 Å². The van der Waals surface area contributed by atoms with Crippen molar-refractivity contribution >= 4 is 26.0 Å². The zero-order valence-electron chi connectivity index (χ0n) is 22.3. The lowest BCUT2D eigenvalue weighted by Gasteiger charge is -2.32. The number of ether oxygens (including phenoxy) is 5. The number of phosphoric ester groups is 1. The number of anilines is 1. The van der Waals surface area contributed by atoms with E-state index in [1.807, 2.05) is 0 Å². The van der Waals surface area contributed by atoms with Crippen LogP contribution in [0.1, 0.15) is 46.8 Å². The number of phosphoric acid groups is 1. The lowest BCUT2D eigenvalue weighted by atomic mass is 9.91. The summed E-state index contributed by atoms with van der Waals surface area (Å²) in [6.07, 6.45) is -6.73. The molecule has 1 aliphatic heterocycles. The van der Waals surface area contributed by atoms with E-state index in [4.69, 9.17) is 33.5 Å². The number of carbonyl (C=O) groups excluding carboxylic acids is 2. The highest BCUT2D eigenvalue weighted by molar-refractivity contribution is 7.48. The number of nitrogens with zero attached hydrogens (tertiary/aromatic N) is 2. The quantitative estimate of drug-likeness (QED) is 0.190. The molecule has 226 valence electrons. The van der Waals surface area contributed by atoms with Crippen molar-refractivity contribution < 1.29 is 60.9 Å². The number of nitrogen functional groups attached to an aromatic ring is 1. The number of nitrogens with two attached hydrogens (primary N) is 1. The molecule has 0 spiro atoms. The van der Waals surface area contributed by atoms with Crippen LogP contribution in [0.3, 0.4) is 0 Å². The molecular weight excluding hydrogens is 564 g/mol. The van der Waals surface area contributed by atoms with Gasteiger partial charge in [-0.2, -0.15) is 4.98 Å². The number of aliphatic hydroxyl groups excluding tert-OH is 1. The van der Waals surface area contributed by atoms with E-state index in [0.717, 1.165) is 10.8 Å². The molecule has 0 aromatic carbocycles. The first-order valence-corrected chi connectivity index (χ1v) is 13.8. The Hall–Kier alpha value is -2.82. The summed E-state index contributed by atoms with van der Waals surface area (Å²) in [5.74, 6) is -0.549. The van der Waals surface area contributed by atoms with E-state index < -0.39 is 88.2 Å². The van der Waals surface area contributed by atoms with Crippen LogP contribution >= 0.6 is 7.82 Å². The minimum atomic E-state index is -4.74. The van der Waals surface area contributed by atoms with Gasteiger partial charge >= 0.3 is 25.8 Å². The fraction of sp³-hybridized carbons (Fsp3) is 0.727. The molecule has 16 nitrogen and oxygen atoms in total. The molecule has 18 heteroatoms. The molecule has 1 aliphatic carbocycles. The van der Waals surface area contributed by atoms with Gasteiger partial charge in [-0.3, -0.25) is 9.09 Å². The standard InChI is InChI=1S/C22H33FN3O13P/c1-12(2)37-20(29)32-10-35-40(31,36-11-33-21(30)38-13(3)4)34-9-22(14-5-6-14)17(27)16(23)18(39-22)26-8-7-15(24)25-19(26)28/h7-8,12-14,16-18,27H,5-6,9-11H2,1-4H3,(H2,24,25,28)/t16-,17-,18+,22-/m0/s1. The SMILES string of the molecule is CC(C)OC(=O)OCOP(=O)(OCOC(=O)OC(C)C)OC[C@@]1(C2CC2)O[C@@H](n2ccc(N)nc2=O)[C@@H](F)[C@@H]1O. The van der Waals surface area contributed by atoms with Crippen LogP contribution in [0.5, 0.6) is 0 Å².